The van der Waals surface area contributed by atoms with Crippen LogP contribution < -0.4 is 5.56 Å². The third-order valence-electron chi connectivity index (χ3n) is 3.41. The molecular formula is C16H11N3O2S. The van der Waals surface area contributed by atoms with Crippen LogP contribution in [0.25, 0.3) is 21.5 Å². The molecule has 22 heavy (non-hydrogen) atoms. The number of hydrogen-bond donors (Lipinski definition) is 0. The third-order valence-corrected chi connectivity index (χ3v) is 4.29. The predicted molar refractivity (Wildman–Crippen MR) is 84.9 cm³/mol. The Balaban J connectivity index is 1.86. The molecule has 0 aliphatic heterocycles. The van der Waals surface area contributed by atoms with Crippen molar-refractivity contribution in [2.24, 2.45) is 0 Å². The molecule has 0 unspecified atom stereocenters. The van der Waals surface area contributed by atoms with Gasteiger partial charge in [-0.25, -0.2) is 4.98 Å². The number of thiophene rings is 1. The van der Waals surface area contributed by atoms with Crippen molar-refractivity contribution in [1.29, 1.82) is 0 Å². The topological polar surface area (TPSA) is 60.9 Å². The molecule has 0 N–H and O–H groups in total. The molecule has 0 aliphatic rings. The zero-order valence-corrected chi connectivity index (χ0v) is 12.3. The first kappa shape index (κ1) is 13.0. The van der Waals surface area contributed by atoms with Crippen LogP contribution in [0.15, 0.2) is 63.7 Å². The van der Waals surface area contributed by atoms with Crippen molar-refractivity contribution in [2.75, 3.05) is 0 Å². The van der Waals surface area contributed by atoms with Crippen LogP contribution >= 0.6 is 11.3 Å². The van der Waals surface area contributed by atoms with Crippen LogP contribution in [0.4, 0.5) is 0 Å². The lowest BCUT2D eigenvalue weighted by molar-refractivity contribution is 0.583. The molecule has 0 saturated carbocycles. The minimum atomic E-state index is -0.0803. The average molecular weight is 309 g/mol. The summed E-state index contributed by atoms with van der Waals surface area (Å²) in [6.07, 6.45) is 4.88. The summed E-state index contributed by atoms with van der Waals surface area (Å²) in [5, 5.41) is 2.50. The van der Waals surface area contributed by atoms with E-state index in [1.165, 1.54) is 11.3 Å². The normalized spacial score (nSPS) is 11.1. The Hall–Kier alpha value is -2.73. The second kappa shape index (κ2) is 5.23. The highest BCUT2D eigenvalue weighted by molar-refractivity contribution is 7.17. The molecular weight excluding hydrogens is 298 g/mol. The maximum Gasteiger partial charge on any atom is 0.263 e. The Labute approximate surface area is 129 Å². The molecule has 0 aromatic carbocycles. The number of rotatable bonds is 3. The minimum Gasteiger partial charge on any atom is -0.464 e. The standard InChI is InChI=1S/C16H11N3O2S/c20-16-14-12(13-5-3-7-21-13)9-22-15(14)18-10-19(16)8-11-4-1-2-6-17-11/h1-7,9-10H,8H2. The fraction of sp³-hybridized carbons (Fsp3) is 0.0625. The van der Waals surface area contributed by atoms with Crippen LogP contribution in [0.3, 0.4) is 0 Å². The molecule has 0 fully saturated rings. The summed E-state index contributed by atoms with van der Waals surface area (Å²) in [4.78, 5) is 22.1. The van der Waals surface area contributed by atoms with Crippen molar-refractivity contribution in [1.82, 2.24) is 14.5 Å². The first-order valence-corrected chi connectivity index (χ1v) is 7.61. The number of fused-ring (bicyclic) bond motifs is 1. The molecule has 0 radical (unpaired) electrons. The molecule has 0 bridgehead atoms. The molecule has 6 heteroatoms. The second-order valence-corrected chi connectivity index (χ2v) is 5.66. The van der Waals surface area contributed by atoms with Gasteiger partial charge in [-0.1, -0.05) is 6.07 Å². The van der Waals surface area contributed by atoms with Crippen molar-refractivity contribution in [2.45, 2.75) is 6.54 Å². The third kappa shape index (κ3) is 2.14. The highest BCUT2D eigenvalue weighted by Gasteiger charge is 2.15. The van der Waals surface area contributed by atoms with Gasteiger partial charge in [0, 0.05) is 17.1 Å². The van der Waals surface area contributed by atoms with E-state index in [9.17, 15) is 4.79 Å². The highest BCUT2D eigenvalue weighted by atomic mass is 32.1. The first-order valence-electron chi connectivity index (χ1n) is 6.73. The van der Waals surface area contributed by atoms with E-state index < -0.39 is 0 Å². The molecule has 0 aliphatic carbocycles. The van der Waals surface area contributed by atoms with Crippen molar-refractivity contribution in [3.8, 4) is 11.3 Å². The molecule has 0 amide bonds. The molecule has 108 valence electrons. The zero-order chi connectivity index (χ0) is 14.9. The molecule has 5 nitrogen and oxygen atoms in total. The van der Waals surface area contributed by atoms with Crippen molar-refractivity contribution in [3.05, 3.63) is 70.5 Å². The van der Waals surface area contributed by atoms with Crippen molar-refractivity contribution in [3.63, 3.8) is 0 Å². The lowest BCUT2D eigenvalue weighted by Crippen LogP contribution is -2.21. The summed E-state index contributed by atoms with van der Waals surface area (Å²) >= 11 is 1.44. The number of aromatic nitrogens is 3. The number of nitrogens with zero attached hydrogens (tertiary/aromatic N) is 3. The monoisotopic (exact) mass is 309 g/mol. The molecule has 4 heterocycles. The van der Waals surface area contributed by atoms with Crippen LogP contribution in [0.1, 0.15) is 5.69 Å². The Morgan fingerprint density at radius 2 is 2.14 bits per heavy atom. The van der Waals surface area contributed by atoms with Gasteiger partial charge in [0.25, 0.3) is 5.56 Å². The van der Waals surface area contributed by atoms with Crippen LogP contribution in [0.5, 0.6) is 0 Å². The Morgan fingerprint density at radius 3 is 2.91 bits per heavy atom. The van der Waals surface area contributed by atoms with Gasteiger partial charge in [-0.15, -0.1) is 11.3 Å². The second-order valence-electron chi connectivity index (χ2n) is 4.81. The van der Waals surface area contributed by atoms with Crippen LogP contribution in [-0.4, -0.2) is 14.5 Å². The zero-order valence-electron chi connectivity index (χ0n) is 11.5. The summed E-state index contributed by atoms with van der Waals surface area (Å²) in [7, 11) is 0. The fourth-order valence-corrected chi connectivity index (χ4v) is 3.25. The number of furan rings is 1. The van der Waals surface area contributed by atoms with Gasteiger partial charge in [-0.05, 0) is 24.3 Å². The lowest BCUT2D eigenvalue weighted by Gasteiger charge is -2.05. The number of hydrogen-bond acceptors (Lipinski definition) is 5. The highest BCUT2D eigenvalue weighted by Crippen LogP contribution is 2.30. The fourth-order valence-electron chi connectivity index (χ4n) is 2.36. The summed E-state index contributed by atoms with van der Waals surface area (Å²) < 4.78 is 6.99. The van der Waals surface area contributed by atoms with Crippen LogP contribution in [-0.2, 0) is 6.54 Å². The van der Waals surface area contributed by atoms with E-state index in [1.54, 1.807) is 23.4 Å². The maximum atomic E-state index is 12.8. The Bertz CT molecular complexity index is 972. The largest absolute Gasteiger partial charge is 0.464 e. The summed E-state index contributed by atoms with van der Waals surface area (Å²) in [6.45, 7) is 0.399. The van der Waals surface area contributed by atoms with E-state index in [0.717, 1.165) is 11.3 Å². The van der Waals surface area contributed by atoms with Gasteiger partial charge in [0.1, 0.15) is 10.6 Å². The van der Waals surface area contributed by atoms with Gasteiger partial charge in [0.15, 0.2) is 0 Å². The van der Waals surface area contributed by atoms with E-state index in [2.05, 4.69) is 9.97 Å². The van der Waals surface area contributed by atoms with Gasteiger partial charge in [0.2, 0.25) is 0 Å². The summed E-state index contributed by atoms with van der Waals surface area (Å²) in [6, 6.07) is 9.29. The maximum absolute atomic E-state index is 12.8. The van der Waals surface area contributed by atoms with Gasteiger partial charge >= 0.3 is 0 Å². The van der Waals surface area contributed by atoms with Gasteiger partial charge in [-0.2, -0.15) is 0 Å². The lowest BCUT2D eigenvalue weighted by atomic mass is 10.2. The average Bonchev–Trinajstić information content (AvgIpc) is 3.20. The van der Waals surface area contributed by atoms with Gasteiger partial charge in [-0.3, -0.25) is 14.3 Å². The quantitative estimate of drug-likeness (QED) is 0.583. The minimum absolute atomic E-state index is 0.0803. The molecule has 0 spiro atoms. The van der Waals surface area contributed by atoms with Crippen LogP contribution in [0, 0.1) is 0 Å². The van der Waals surface area contributed by atoms with E-state index in [0.29, 0.717) is 22.5 Å². The summed E-state index contributed by atoms with van der Waals surface area (Å²) in [5.74, 6) is 0.681. The molecule has 0 saturated heterocycles. The molecule has 0 atom stereocenters. The Morgan fingerprint density at radius 1 is 1.18 bits per heavy atom. The summed E-state index contributed by atoms with van der Waals surface area (Å²) in [5.41, 5.74) is 1.53. The smallest absolute Gasteiger partial charge is 0.263 e. The van der Waals surface area contributed by atoms with Crippen molar-refractivity contribution < 1.29 is 4.42 Å². The number of pyridine rings is 1. The SMILES string of the molecule is O=c1c2c(-c3ccco3)csc2ncn1Cc1ccccn1. The molecule has 4 aromatic heterocycles. The predicted octanol–water partition coefficient (Wildman–Crippen LogP) is 3.16. The van der Waals surface area contributed by atoms with E-state index in [4.69, 9.17) is 4.42 Å². The molecule has 4 aromatic rings. The van der Waals surface area contributed by atoms with E-state index in [-0.39, 0.29) is 5.56 Å². The van der Waals surface area contributed by atoms with Gasteiger partial charge < -0.3 is 4.42 Å². The van der Waals surface area contributed by atoms with Crippen LogP contribution in [0.2, 0.25) is 0 Å². The van der Waals surface area contributed by atoms with E-state index in [1.807, 2.05) is 35.7 Å². The Kier molecular flexibility index (Phi) is 3.08. The molecule has 4 rings (SSSR count). The first-order chi connectivity index (χ1) is 10.8. The van der Waals surface area contributed by atoms with E-state index >= 15 is 0 Å². The van der Waals surface area contributed by atoms with Crippen molar-refractivity contribution >= 4 is 21.6 Å². The van der Waals surface area contributed by atoms with Gasteiger partial charge in [0.05, 0.1) is 30.2 Å².